The smallest absolute Gasteiger partial charge is 0.197 e. The van der Waals surface area contributed by atoms with Gasteiger partial charge in [0.15, 0.2) is 17.7 Å². The Morgan fingerprint density at radius 2 is 1.56 bits per heavy atom. The Hall–Kier alpha value is -3.41. The molecule has 0 aromatic carbocycles. The fraction of sp³-hybridized carbons (Fsp3) is 0.190. The number of nitrogens with zero attached hydrogens (tertiary/aromatic N) is 6. The Balaban J connectivity index is 0.000000303. The van der Waals surface area contributed by atoms with Crippen molar-refractivity contribution in [1.29, 1.82) is 0 Å². The lowest BCUT2D eigenvalue weighted by molar-refractivity contribution is 0.571. The predicted molar refractivity (Wildman–Crippen MR) is 149 cm³/mol. The average molecular weight is 569 g/mol. The number of terminal acetylenes is 1. The number of imidazole rings is 2. The first kappa shape index (κ1) is 30.6. The van der Waals surface area contributed by atoms with Gasteiger partial charge in [-0.2, -0.15) is 27.5 Å². The fourth-order valence-electron chi connectivity index (χ4n) is 2.58. The van der Waals surface area contributed by atoms with Crippen LogP contribution in [0.2, 0.25) is 0 Å². The van der Waals surface area contributed by atoms with E-state index in [1.165, 1.54) is 11.1 Å². The Bertz CT molecular complexity index is 1270. The van der Waals surface area contributed by atoms with Crippen molar-refractivity contribution >= 4 is 59.4 Å². The van der Waals surface area contributed by atoms with E-state index in [-0.39, 0.29) is 24.8 Å². The summed E-state index contributed by atoms with van der Waals surface area (Å²) in [5.74, 6) is 3.93. The van der Waals surface area contributed by atoms with Gasteiger partial charge >= 0.3 is 0 Å². The lowest BCUT2D eigenvalue weighted by Crippen LogP contribution is -2.03. The SMILES string of the molecule is C#CCc1cnc(N)[nH]1.Cl.Cl.NCc1ccsc1.Nc1ncc(Cc2nnn(Cc3ccsc3)n2)[nH]1. The maximum Gasteiger partial charge on any atom is 0.197 e. The molecular formula is C21H27Cl2N11S2. The largest absolute Gasteiger partial charge is 0.369 e. The third kappa shape index (κ3) is 10.5. The number of hydrogen-bond acceptors (Lipinski definition) is 10. The van der Waals surface area contributed by atoms with Crippen molar-refractivity contribution < 1.29 is 0 Å². The van der Waals surface area contributed by atoms with E-state index in [1.54, 1.807) is 39.9 Å². The topological polar surface area (TPSA) is 179 Å². The minimum Gasteiger partial charge on any atom is -0.369 e. The zero-order valence-electron chi connectivity index (χ0n) is 19.1. The van der Waals surface area contributed by atoms with Gasteiger partial charge in [-0.25, -0.2) is 9.97 Å². The van der Waals surface area contributed by atoms with Crippen molar-refractivity contribution in [3.05, 3.63) is 74.4 Å². The second-order valence-corrected chi connectivity index (χ2v) is 8.41. The molecule has 0 unspecified atom stereocenters. The maximum atomic E-state index is 5.50. The number of nitrogen functional groups attached to an aromatic ring is 2. The summed E-state index contributed by atoms with van der Waals surface area (Å²) in [6, 6.07) is 4.08. The number of tetrazole rings is 1. The summed E-state index contributed by atoms with van der Waals surface area (Å²) in [5.41, 5.74) is 20.2. The van der Waals surface area contributed by atoms with Crippen LogP contribution in [0.5, 0.6) is 0 Å². The zero-order valence-corrected chi connectivity index (χ0v) is 22.3. The number of H-pyrrole nitrogens is 2. The molecule has 0 saturated heterocycles. The van der Waals surface area contributed by atoms with Crippen LogP contribution in [0.3, 0.4) is 0 Å². The number of hydrogen-bond donors (Lipinski definition) is 5. The van der Waals surface area contributed by atoms with Crippen molar-refractivity contribution in [3.63, 3.8) is 0 Å². The first-order valence-electron chi connectivity index (χ1n) is 10.1. The van der Waals surface area contributed by atoms with Crippen molar-refractivity contribution in [2.75, 3.05) is 11.5 Å². The summed E-state index contributed by atoms with van der Waals surface area (Å²) >= 11 is 3.34. The van der Waals surface area contributed by atoms with Crippen LogP contribution in [-0.2, 0) is 25.9 Å². The number of aromatic nitrogens is 8. The van der Waals surface area contributed by atoms with Gasteiger partial charge in [0.05, 0.1) is 31.8 Å². The lowest BCUT2D eigenvalue weighted by Gasteiger charge is -1.94. The van der Waals surface area contributed by atoms with Gasteiger partial charge in [-0.05, 0) is 50.0 Å². The van der Waals surface area contributed by atoms with Gasteiger partial charge in [0.1, 0.15) is 0 Å². The van der Waals surface area contributed by atoms with E-state index < -0.39 is 0 Å². The summed E-state index contributed by atoms with van der Waals surface area (Å²) in [5, 5.41) is 20.5. The highest BCUT2D eigenvalue weighted by Crippen LogP contribution is 2.08. The molecule has 36 heavy (non-hydrogen) atoms. The monoisotopic (exact) mass is 567 g/mol. The molecule has 5 aromatic heterocycles. The van der Waals surface area contributed by atoms with E-state index in [2.05, 4.69) is 52.0 Å². The van der Waals surface area contributed by atoms with Crippen LogP contribution < -0.4 is 17.2 Å². The summed E-state index contributed by atoms with van der Waals surface area (Å²) in [7, 11) is 0. The molecule has 0 aliphatic heterocycles. The zero-order chi connectivity index (χ0) is 24.2. The normalized spacial score (nSPS) is 9.44. The molecule has 0 radical (unpaired) electrons. The van der Waals surface area contributed by atoms with Crippen molar-refractivity contribution in [2.45, 2.75) is 25.9 Å². The van der Waals surface area contributed by atoms with Gasteiger partial charge in [0, 0.05) is 17.9 Å². The molecule has 0 saturated carbocycles. The number of nitrogens with two attached hydrogens (primary N) is 3. The first-order chi connectivity index (χ1) is 16.6. The summed E-state index contributed by atoms with van der Waals surface area (Å²) in [6.45, 7) is 1.31. The third-order valence-corrected chi connectivity index (χ3v) is 5.62. The van der Waals surface area contributed by atoms with E-state index in [0.29, 0.717) is 43.7 Å². The number of aromatic amines is 2. The summed E-state index contributed by atoms with van der Waals surface area (Å²) in [4.78, 5) is 15.0. The highest BCUT2D eigenvalue weighted by Gasteiger charge is 2.06. The molecule has 0 bridgehead atoms. The van der Waals surface area contributed by atoms with E-state index in [9.17, 15) is 0 Å². The molecule has 5 heterocycles. The van der Waals surface area contributed by atoms with E-state index >= 15 is 0 Å². The van der Waals surface area contributed by atoms with Crippen LogP contribution in [0.4, 0.5) is 11.9 Å². The number of anilines is 2. The second kappa shape index (κ2) is 16.3. The Kier molecular flexibility index (Phi) is 13.9. The van der Waals surface area contributed by atoms with E-state index in [4.69, 9.17) is 23.6 Å². The minimum absolute atomic E-state index is 0. The summed E-state index contributed by atoms with van der Waals surface area (Å²) in [6.07, 6.45) is 9.45. The van der Waals surface area contributed by atoms with Crippen LogP contribution in [0, 0.1) is 12.3 Å². The molecule has 0 atom stereocenters. The molecule has 5 aromatic rings. The quantitative estimate of drug-likeness (QED) is 0.194. The standard InChI is InChI=1S/C10H11N7S.C6H7N3.C5H7NS.2ClH/c11-10-12-4-8(13-10)3-9-14-16-17(15-9)5-7-1-2-18-6-7;1-2-3-5-4-8-6(7)9-5;6-3-5-1-2-7-4-5;;/h1-2,4,6H,3,5H2,(H3,11,12,13);1,4H,3H2,(H3,7,8,9);1-2,4H,3,6H2;2*1H. The predicted octanol–water partition coefficient (Wildman–Crippen LogP) is 2.90. The molecule has 192 valence electrons. The first-order valence-corrected chi connectivity index (χ1v) is 11.9. The summed E-state index contributed by atoms with van der Waals surface area (Å²) < 4.78 is 0. The van der Waals surface area contributed by atoms with Crippen LogP contribution in [-0.4, -0.2) is 40.1 Å². The number of thiophene rings is 2. The Morgan fingerprint density at radius 3 is 2.03 bits per heavy atom. The molecule has 15 heteroatoms. The van der Waals surface area contributed by atoms with Crippen molar-refractivity contribution in [2.24, 2.45) is 5.73 Å². The van der Waals surface area contributed by atoms with E-state index in [1.807, 2.05) is 22.9 Å². The number of rotatable bonds is 6. The van der Waals surface area contributed by atoms with Crippen molar-refractivity contribution in [3.8, 4) is 12.3 Å². The van der Waals surface area contributed by atoms with E-state index in [0.717, 1.165) is 11.4 Å². The van der Waals surface area contributed by atoms with Crippen LogP contribution in [0.15, 0.2) is 46.0 Å². The fourth-order valence-corrected chi connectivity index (χ4v) is 3.92. The highest BCUT2D eigenvalue weighted by atomic mass is 35.5. The van der Waals surface area contributed by atoms with Gasteiger partial charge in [0.2, 0.25) is 0 Å². The van der Waals surface area contributed by atoms with Gasteiger partial charge < -0.3 is 27.2 Å². The van der Waals surface area contributed by atoms with Crippen molar-refractivity contribution in [1.82, 2.24) is 40.1 Å². The molecule has 0 aliphatic carbocycles. The van der Waals surface area contributed by atoms with Gasteiger partial charge in [-0.1, -0.05) is 0 Å². The molecule has 0 fully saturated rings. The Labute approximate surface area is 228 Å². The molecule has 0 aliphatic rings. The molecule has 5 rings (SSSR count). The molecular weight excluding hydrogens is 541 g/mol. The van der Waals surface area contributed by atoms with Crippen LogP contribution >= 0.6 is 47.5 Å². The molecule has 0 amide bonds. The maximum absolute atomic E-state index is 5.50. The number of nitrogens with one attached hydrogen (secondary N) is 2. The van der Waals surface area contributed by atoms with Gasteiger partial charge in [0.25, 0.3) is 0 Å². The average Bonchev–Trinajstić information content (AvgIpc) is 3.63. The Morgan fingerprint density at radius 1 is 0.944 bits per heavy atom. The third-order valence-electron chi connectivity index (χ3n) is 4.15. The molecule has 8 N–H and O–H groups in total. The van der Waals surface area contributed by atoms with Crippen LogP contribution in [0.1, 0.15) is 28.3 Å². The molecule has 11 nitrogen and oxygen atoms in total. The highest BCUT2D eigenvalue weighted by molar-refractivity contribution is 7.08. The van der Waals surface area contributed by atoms with Gasteiger partial charge in [-0.15, -0.1) is 47.4 Å². The number of halogens is 2. The second-order valence-electron chi connectivity index (χ2n) is 6.85. The lowest BCUT2D eigenvalue weighted by atomic mass is 10.3. The van der Waals surface area contributed by atoms with Gasteiger partial charge in [-0.3, -0.25) is 0 Å². The van der Waals surface area contributed by atoms with Crippen LogP contribution in [0.25, 0.3) is 0 Å². The minimum atomic E-state index is 0. The molecule has 0 spiro atoms.